The Kier molecular flexibility index (Phi) is 4.92. The molecule has 0 amide bonds. The maximum atomic E-state index is 12.3. The van der Waals surface area contributed by atoms with Crippen molar-refractivity contribution in [3.05, 3.63) is 23.0 Å². The van der Waals surface area contributed by atoms with Crippen LogP contribution < -0.4 is 0 Å². The molecule has 1 aliphatic rings. The van der Waals surface area contributed by atoms with E-state index in [1.165, 1.54) is 11.4 Å². The highest BCUT2D eigenvalue weighted by atomic mass is 16.1. The summed E-state index contributed by atoms with van der Waals surface area (Å²) in [6.07, 6.45) is 2.86. The van der Waals surface area contributed by atoms with E-state index < -0.39 is 0 Å². The van der Waals surface area contributed by atoms with Crippen molar-refractivity contribution in [2.24, 2.45) is 5.41 Å². The number of nitrogens with zero attached hydrogens (tertiary/aromatic N) is 2. The smallest absolute Gasteiger partial charge is 0.165 e. The number of Topliss-reactive ketones (excluding diaryl/α,β-unsaturated/α-hetero) is 1. The Balaban J connectivity index is 2.13. The van der Waals surface area contributed by atoms with Gasteiger partial charge in [0.2, 0.25) is 0 Å². The normalized spacial score (nSPS) is 17.3. The van der Waals surface area contributed by atoms with E-state index in [9.17, 15) is 4.79 Å². The van der Waals surface area contributed by atoms with Gasteiger partial charge in [-0.15, -0.1) is 0 Å². The summed E-state index contributed by atoms with van der Waals surface area (Å²) in [5.41, 5.74) is 3.60. The third-order valence-electron chi connectivity index (χ3n) is 4.75. The number of aryl methyl sites for hydroxylation is 1. The quantitative estimate of drug-likeness (QED) is 0.798. The van der Waals surface area contributed by atoms with Gasteiger partial charge < -0.3 is 9.47 Å². The molecule has 0 spiro atoms. The molecule has 3 nitrogen and oxygen atoms in total. The minimum Gasteiger partial charge on any atom is -0.348 e. The topological polar surface area (TPSA) is 25.2 Å². The van der Waals surface area contributed by atoms with E-state index in [1.807, 2.05) is 0 Å². The first-order chi connectivity index (χ1) is 9.88. The van der Waals surface area contributed by atoms with Crippen LogP contribution in [0.2, 0.25) is 0 Å². The lowest BCUT2D eigenvalue weighted by atomic mass is 9.76. The molecule has 1 aromatic rings. The Morgan fingerprint density at radius 2 is 1.90 bits per heavy atom. The summed E-state index contributed by atoms with van der Waals surface area (Å²) < 4.78 is 2.39. The second kappa shape index (κ2) is 6.35. The third kappa shape index (κ3) is 3.57. The van der Waals surface area contributed by atoms with Crippen molar-refractivity contribution in [3.63, 3.8) is 0 Å². The first-order valence-corrected chi connectivity index (χ1v) is 8.32. The molecule has 0 bridgehead atoms. The number of ketones is 1. The monoisotopic (exact) mass is 290 g/mol. The molecule has 0 saturated carbocycles. The summed E-state index contributed by atoms with van der Waals surface area (Å²) in [6.45, 7) is 15.4. The fourth-order valence-electron chi connectivity index (χ4n) is 3.51. The van der Waals surface area contributed by atoms with Gasteiger partial charge in [0.25, 0.3) is 0 Å². The number of aromatic nitrogens is 1. The summed E-state index contributed by atoms with van der Waals surface area (Å²) in [7, 11) is 0. The molecular formula is C18H30N2O. The fraction of sp³-hybridized carbons (Fsp3) is 0.722. The Hall–Kier alpha value is -1.09. The molecule has 0 atom stereocenters. The zero-order valence-electron chi connectivity index (χ0n) is 14.3. The first-order valence-electron chi connectivity index (χ1n) is 8.32. The first kappa shape index (κ1) is 16.3. The lowest BCUT2D eigenvalue weighted by Crippen LogP contribution is -2.29. The van der Waals surface area contributed by atoms with Crippen molar-refractivity contribution in [2.75, 3.05) is 19.6 Å². The molecule has 1 aliphatic carbocycles. The summed E-state index contributed by atoms with van der Waals surface area (Å²) in [5.74, 6) is 0.326. The van der Waals surface area contributed by atoms with Crippen LogP contribution in [0.25, 0.3) is 0 Å². The van der Waals surface area contributed by atoms with E-state index in [4.69, 9.17) is 0 Å². The summed E-state index contributed by atoms with van der Waals surface area (Å²) in [5, 5.41) is 0. The van der Waals surface area contributed by atoms with Crippen LogP contribution in [0.3, 0.4) is 0 Å². The van der Waals surface area contributed by atoms with Crippen LogP contribution in [0.5, 0.6) is 0 Å². The van der Waals surface area contributed by atoms with Gasteiger partial charge >= 0.3 is 0 Å². The highest BCUT2D eigenvalue weighted by molar-refractivity contribution is 5.99. The van der Waals surface area contributed by atoms with Gasteiger partial charge in [0.05, 0.1) is 0 Å². The van der Waals surface area contributed by atoms with Crippen LogP contribution in [0.15, 0.2) is 6.07 Å². The number of hydrogen-bond acceptors (Lipinski definition) is 2. The Bertz CT molecular complexity index is 510. The average Bonchev–Trinajstić information content (AvgIpc) is 2.71. The molecular weight excluding hydrogens is 260 g/mol. The maximum Gasteiger partial charge on any atom is 0.165 e. The molecule has 0 fully saturated rings. The molecule has 0 N–H and O–H groups in total. The zero-order valence-corrected chi connectivity index (χ0v) is 14.3. The molecule has 0 aromatic carbocycles. The lowest BCUT2D eigenvalue weighted by Gasteiger charge is -2.30. The average molecular weight is 290 g/mol. The van der Waals surface area contributed by atoms with Crippen LogP contribution >= 0.6 is 0 Å². The summed E-state index contributed by atoms with van der Waals surface area (Å²) in [6, 6.07) is 2.10. The van der Waals surface area contributed by atoms with Gasteiger partial charge in [-0.3, -0.25) is 4.79 Å². The van der Waals surface area contributed by atoms with Gasteiger partial charge in [-0.1, -0.05) is 27.7 Å². The van der Waals surface area contributed by atoms with E-state index in [0.717, 1.165) is 44.6 Å². The van der Waals surface area contributed by atoms with E-state index >= 15 is 0 Å². The van der Waals surface area contributed by atoms with Crippen LogP contribution in [-0.4, -0.2) is 34.9 Å². The molecule has 21 heavy (non-hydrogen) atoms. The van der Waals surface area contributed by atoms with Crippen molar-refractivity contribution < 1.29 is 4.79 Å². The number of fused-ring (bicyclic) bond motifs is 1. The van der Waals surface area contributed by atoms with Crippen molar-refractivity contribution in [3.8, 4) is 0 Å². The minimum atomic E-state index is 0.103. The Morgan fingerprint density at radius 1 is 1.24 bits per heavy atom. The SMILES string of the molecule is CCN(CC)CCCn1c(C)cc2c1CC(C)(C)CC2=O. The van der Waals surface area contributed by atoms with E-state index in [0.29, 0.717) is 12.2 Å². The summed E-state index contributed by atoms with van der Waals surface area (Å²) in [4.78, 5) is 14.8. The number of rotatable bonds is 6. The Morgan fingerprint density at radius 3 is 2.52 bits per heavy atom. The predicted octanol–water partition coefficient (Wildman–Crippen LogP) is 3.68. The number of carbonyl (C=O) groups is 1. The second-order valence-corrected chi connectivity index (χ2v) is 7.12. The third-order valence-corrected chi connectivity index (χ3v) is 4.75. The zero-order chi connectivity index (χ0) is 15.6. The molecule has 0 aliphatic heterocycles. The van der Waals surface area contributed by atoms with Gasteiger partial charge in [0, 0.05) is 29.9 Å². The highest BCUT2D eigenvalue weighted by Crippen LogP contribution is 2.36. The van der Waals surface area contributed by atoms with Crippen LogP contribution in [0.4, 0.5) is 0 Å². The second-order valence-electron chi connectivity index (χ2n) is 7.12. The predicted molar refractivity (Wildman–Crippen MR) is 88.0 cm³/mol. The fourth-order valence-corrected chi connectivity index (χ4v) is 3.51. The maximum absolute atomic E-state index is 12.3. The van der Waals surface area contributed by atoms with Crippen LogP contribution in [0, 0.1) is 12.3 Å². The van der Waals surface area contributed by atoms with Crippen molar-refractivity contribution in [2.45, 2.75) is 60.4 Å². The van der Waals surface area contributed by atoms with Crippen LogP contribution in [0.1, 0.15) is 62.3 Å². The van der Waals surface area contributed by atoms with Gasteiger partial charge in [0.1, 0.15) is 0 Å². The van der Waals surface area contributed by atoms with Gasteiger partial charge in [0.15, 0.2) is 5.78 Å². The minimum absolute atomic E-state index is 0.103. The molecule has 0 unspecified atom stereocenters. The van der Waals surface area contributed by atoms with Crippen molar-refractivity contribution in [1.82, 2.24) is 9.47 Å². The molecule has 1 heterocycles. The van der Waals surface area contributed by atoms with Crippen molar-refractivity contribution in [1.29, 1.82) is 0 Å². The lowest BCUT2D eigenvalue weighted by molar-refractivity contribution is 0.0910. The van der Waals surface area contributed by atoms with Crippen LogP contribution in [-0.2, 0) is 13.0 Å². The van der Waals surface area contributed by atoms with Gasteiger partial charge in [-0.25, -0.2) is 0 Å². The molecule has 2 rings (SSSR count). The molecule has 0 saturated heterocycles. The van der Waals surface area contributed by atoms with E-state index in [1.54, 1.807) is 0 Å². The number of carbonyl (C=O) groups excluding carboxylic acids is 1. The molecule has 3 heteroatoms. The molecule has 118 valence electrons. The van der Waals surface area contributed by atoms with E-state index in [-0.39, 0.29) is 5.41 Å². The number of hydrogen-bond donors (Lipinski definition) is 0. The van der Waals surface area contributed by atoms with Gasteiger partial charge in [-0.05, 0) is 50.9 Å². The standard InChI is InChI=1S/C18H30N2O/c1-6-19(7-2)9-8-10-20-14(3)11-15-16(20)12-18(4,5)13-17(15)21/h11H,6-10,12-13H2,1-5H3. The Labute approximate surface area is 129 Å². The van der Waals surface area contributed by atoms with E-state index in [2.05, 4.69) is 50.2 Å². The summed E-state index contributed by atoms with van der Waals surface area (Å²) >= 11 is 0. The largest absolute Gasteiger partial charge is 0.348 e. The molecule has 1 aromatic heterocycles. The van der Waals surface area contributed by atoms with Crippen molar-refractivity contribution >= 4 is 5.78 Å². The molecule has 0 radical (unpaired) electrons. The van der Waals surface area contributed by atoms with Gasteiger partial charge in [-0.2, -0.15) is 0 Å². The highest BCUT2D eigenvalue weighted by Gasteiger charge is 2.33.